The molecule has 1 aromatic heterocycles. The number of hydrogen-bond acceptors (Lipinski definition) is 1. The number of rotatable bonds is 1. The van der Waals surface area contributed by atoms with Crippen LogP contribution in [0.2, 0.25) is 10.0 Å². The van der Waals surface area contributed by atoms with Crippen molar-refractivity contribution >= 4 is 57.1 Å². The van der Waals surface area contributed by atoms with Crippen molar-refractivity contribution < 1.29 is 0 Å². The molecule has 3 rings (SSSR count). The molecule has 0 aliphatic carbocycles. The molecule has 0 saturated heterocycles. The van der Waals surface area contributed by atoms with Crippen LogP contribution in [0.4, 0.5) is 5.69 Å². The zero-order valence-electron chi connectivity index (χ0n) is 10.3. The Balaban J connectivity index is 1.95. The molecule has 0 amide bonds. The largest absolute Gasteiger partial charge is 0.331 e. The van der Waals surface area contributed by atoms with Crippen LogP contribution in [0.15, 0.2) is 54.7 Å². The van der Waals surface area contributed by atoms with E-state index in [1.54, 1.807) is 6.07 Å². The SMILES string of the molecule is S=C(Nc1cccc(Cl)c1Cl)n1ccc2ccccc21. The second kappa shape index (κ2) is 5.44. The Labute approximate surface area is 131 Å². The van der Waals surface area contributed by atoms with E-state index >= 15 is 0 Å². The Morgan fingerprint density at radius 2 is 1.80 bits per heavy atom. The fourth-order valence-corrected chi connectivity index (χ4v) is 2.65. The van der Waals surface area contributed by atoms with Gasteiger partial charge in [0.1, 0.15) is 0 Å². The molecule has 0 radical (unpaired) electrons. The third kappa shape index (κ3) is 2.40. The summed E-state index contributed by atoms with van der Waals surface area (Å²) < 4.78 is 1.90. The highest BCUT2D eigenvalue weighted by Gasteiger charge is 2.09. The Morgan fingerprint density at radius 1 is 1.00 bits per heavy atom. The molecule has 1 N–H and O–H groups in total. The number of para-hydroxylation sites is 1. The average Bonchev–Trinajstić information content (AvgIpc) is 2.88. The second-order valence-electron chi connectivity index (χ2n) is 4.28. The predicted molar refractivity (Wildman–Crippen MR) is 90.0 cm³/mol. The smallest absolute Gasteiger partial charge is 0.182 e. The fraction of sp³-hybridized carbons (Fsp3) is 0. The van der Waals surface area contributed by atoms with Gasteiger partial charge >= 0.3 is 0 Å². The summed E-state index contributed by atoms with van der Waals surface area (Å²) in [6, 6.07) is 15.5. The van der Waals surface area contributed by atoms with Crippen molar-refractivity contribution in [1.82, 2.24) is 4.57 Å². The zero-order chi connectivity index (χ0) is 14.1. The Hall–Kier alpha value is -1.55. The third-order valence-corrected chi connectivity index (χ3v) is 4.13. The van der Waals surface area contributed by atoms with Gasteiger partial charge in [-0.25, -0.2) is 0 Å². The Morgan fingerprint density at radius 3 is 2.65 bits per heavy atom. The second-order valence-corrected chi connectivity index (χ2v) is 5.45. The van der Waals surface area contributed by atoms with E-state index in [0.717, 1.165) is 10.9 Å². The van der Waals surface area contributed by atoms with Crippen LogP contribution in [-0.4, -0.2) is 9.68 Å². The van der Waals surface area contributed by atoms with Crippen molar-refractivity contribution in [3.63, 3.8) is 0 Å². The van der Waals surface area contributed by atoms with E-state index in [4.69, 9.17) is 35.4 Å². The minimum atomic E-state index is 0.466. The number of aromatic nitrogens is 1. The molecule has 0 bridgehead atoms. The summed E-state index contributed by atoms with van der Waals surface area (Å²) >= 11 is 17.6. The molecule has 0 aliphatic rings. The van der Waals surface area contributed by atoms with Crippen molar-refractivity contribution in [2.24, 2.45) is 0 Å². The van der Waals surface area contributed by atoms with Gasteiger partial charge in [0.2, 0.25) is 0 Å². The molecule has 3 aromatic rings. The minimum absolute atomic E-state index is 0.466. The van der Waals surface area contributed by atoms with Gasteiger partial charge in [-0.1, -0.05) is 47.5 Å². The van der Waals surface area contributed by atoms with Gasteiger partial charge in [0.05, 0.1) is 21.2 Å². The molecule has 2 nitrogen and oxygen atoms in total. The number of thiocarbonyl (C=S) groups is 1. The molecule has 20 heavy (non-hydrogen) atoms. The predicted octanol–water partition coefficient (Wildman–Crippen LogP) is 5.19. The Kier molecular flexibility index (Phi) is 3.66. The third-order valence-electron chi connectivity index (χ3n) is 3.01. The monoisotopic (exact) mass is 320 g/mol. The van der Waals surface area contributed by atoms with E-state index < -0.39 is 0 Å². The van der Waals surface area contributed by atoms with Crippen LogP contribution >= 0.6 is 35.4 Å². The standard InChI is InChI=1S/C15H10Cl2N2S/c16-11-5-3-6-12(14(11)17)18-15(20)19-9-8-10-4-1-2-7-13(10)19/h1-9H,(H,18,20). The lowest BCUT2D eigenvalue weighted by Gasteiger charge is -2.12. The molecule has 100 valence electrons. The van der Waals surface area contributed by atoms with E-state index in [2.05, 4.69) is 5.32 Å². The number of fused-ring (bicyclic) bond motifs is 1. The lowest BCUT2D eigenvalue weighted by molar-refractivity contribution is 1.24. The van der Waals surface area contributed by atoms with Crippen LogP contribution < -0.4 is 5.32 Å². The topological polar surface area (TPSA) is 17.0 Å². The van der Waals surface area contributed by atoms with Gasteiger partial charge in [0, 0.05) is 11.6 Å². The number of nitrogens with one attached hydrogen (secondary N) is 1. The van der Waals surface area contributed by atoms with Gasteiger partial charge in [0.25, 0.3) is 0 Å². The number of benzene rings is 2. The van der Waals surface area contributed by atoms with E-state index in [1.807, 2.05) is 53.2 Å². The lowest BCUT2D eigenvalue weighted by atomic mass is 10.2. The number of hydrogen-bond donors (Lipinski definition) is 1. The highest BCUT2D eigenvalue weighted by molar-refractivity contribution is 7.80. The molecular formula is C15H10Cl2N2S. The van der Waals surface area contributed by atoms with Crippen molar-refractivity contribution in [1.29, 1.82) is 0 Å². The average molecular weight is 321 g/mol. The zero-order valence-corrected chi connectivity index (χ0v) is 12.6. The first-order valence-electron chi connectivity index (χ1n) is 5.98. The fourth-order valence-electron chi connectivity index (χ4n) is 2.04. The summed E-state index contributed by atoms with van der Waals surface area (Å²) in [6.45, 7) is 0. The van der Waals surface area contributed by atoms with Gasteiger partial charge in [-0.3, -0.25) is 4.57 Å². The quantitative estimate of drug-likeness (QED) is 0.621. The van der Waals surface area contributed by atoms with Gasteiger partial charge in [-0.15, -0.1) is 0 Å². The molecule has 0 spiro atoms. The maximum absolute atomic E-state index is 6.15. The first kappa shape index (κ1) is 13.4. The molecule has 0 unspecified atom stereocenters. The molecule has 0 fully saturated rings. The van der Waals surface area contributed by atoms with Crippen LogP contribution in [0, 0.1) is 0 Å². The summed E-state index contributed by atoms with van der Waals surface area (Å²) in [6.07, 6.45) is 1.93. The maximum atomic E-state index is 6.15. The molecule has 1 heterocycles. The maximum Gasteiger partial charge on any atom is 0.182 e. The van der Waals surface area contributed by atoms with Crippen molar-refractivity contribution in [3.05, 3.63) is 64.8 Å². The number of nitrogens with zero attached hydrogens (tertiary/aromatic N) is 1. The first-order chi connectivity index (χ1) is 9.66. The molecule has 0 aliphatic heterocycles. The highest BCUT2D eigenvalue weighted by atomic mass is 35.5. The molecular weight excluding hydrogens is 311 g/mol. The van der Waals surface area contributed by atoms with Crippen LogP contribution in [-0.2, 0) is 0 Å². The normalized spacial score (nSPS) is 10.7. The number of anilines is 1. The Bertz CT molecular complexity index is 795. The van der Waals surface area contributed by atoms with Gasteiger partial charge < -0.3 is 5.32 Å². The summed E-state index contributed by atoms with van der Waals surface area (Å²) in [4.78, 5) is 0. The first-order valence-corrected chi connectivity index (χ1v) is 7.15. The van der Waals surface area contributed by atoms with Crippen molar-refractivity contribution in [2.75, 3.05) is 5.32 Å². The van der Waals surface area contributed by atoms with Crippen molar-refractivity contribution in [3.8, 4) is 0 Å². The van der Waals surface area contributed by atoms with Crippen LogP contribution in [0.3, 0.4) is 0 Å². The highest BCUT2D eigenvalue weighted by Crippen LogP contribution is 2.29. The van der Waals surface area contributed by atoms with Gasteiger partial charge in [-0.2, -0.15) is 0 Å². The summed E-state index contributed by atoms with van der Waals surface area (Å²) in [7, 11) is 0. The van der Waals surface area contributed by atoms with Crippen molar-refractivity contribution in [2.45, 2.75) is 0 Å². The van der Waals surface area contributed by atoms with Crippen LogP contribution in [0.5, 0.6) is 0 Å². The lowest BCUT2D eigenvalue weighted by Crippen LogP contribution is -2.18. The van der Waals surface area contributed by atoms with Gasteiger partial charge in [-0.05, 0) is 36.5 Å². The van der Waals surface area contributed by atoms with E-state index in [0.29, 0.717) is 20.8 Å². The van der Waals surface area contributed by atoms with Gasteiger partial charge in [0.15, 0.2) is 5.11 Å². The minimum Gasteiger partial charge on any atom is -0.331 e. The number of halogens is 2. The summed E-state index contributed by atoms with van der Waals surface area (Å²) in [5.74, 6) is 0. The molecule has 0 atom stereocenters. The van der Waals surface area contributed by atoms with E-state index in [9.17, 15) is 0 Å². The van der Waals surface area contributed by atoms with Crippen LogP contribution in [0.25, 0.3) is 10.9 Å². The molecule has 0 saturated carbocycles. The summed E-state index contributed by atoms with van der Waals surface area (Å²) in [5.41, 5.74) is 1.74. The van der Waals surface area contributed by atoms with E-state index in [1.165, 1.54) is 0 Å². The molecule has 2 aromatic carbocycles. The molecule has 5 heteroatoms. The van der Waals surface area contributed by atoms with E-state index in [-0.39, 0.29) is 0 Å². The summed E-state index contributed by atoms with van der Waals surface area (Å²) in [5, 5.41) is 5.77. The van der Waals surface area contributed by atoms with Crippen LogP contribution in [0.1, 0.15) is 0 Å².